The van der Waals surface area contributed by atoms with Gasteiger partial charge < -0.3 is 15.2 Å². The molecule has 0 saturated carbocycles. The first kappa shape index (κ1) is 11.2. The van der Waals surface area contributed by atoms with Crippen molar-refractivity contribution in [1.29, 1.82) is 0 Å². The van der Waals surface area contributed by atoms with Crippen LogP contribution in [0.15, 0.2) is 0 Å². The Kier molecular flexibility index (Phi) is 4.02. The van der Waals surface area contributed by atoms with Crippen molar-refractivity contribution < 1.29 is 22.2 Å². The first-order valence-electron chi connectivity index (χ1n) is 6.10. The number of carboxylic acids is 1. The fourth-order valence-corrected chi connectivity index (χ4v) is 0.933. The van der Waals surface area contributed by atoms with Crippen LogP contribution in [0.1, 0.15) is 43.7 Å². The van der Waals surface area contributed by atoms with Crippen LogP contribution in [0.25, 0.3) is 0 Å². The Hall–Kier alpha value is -1.26. The van der Waals surface area contributed by atoms with Crippen LogP contribution in [0, 0.1) is 5.92 Å². The molecule has 5 heteroatoms. The summed E-state index contributed by atoms with van der Waals surface area (Å²) in [7, 11) is 0. The predicted molar refractivity (Wildman–Crippen MR) is 60.2 cm³/mol. The van der Waals surface area contributed by atoms with Crippen LogP contribution in [0.5, 0.6) is 0 Å². The van der Waals surface area contributed by atoms with Gasteiger partial charge in [-0.15, -0.1) is 0 Å². The van der Waals surface area contributed by atoms with Crippen molar-refractivity contribution >= 4 is 12.1 Å². The number of hydrogen-bond acceptors (Lipinski definition) is 3. The standard InChI is InChI=1S/C11H21NO4/c1-7(2)6-8(9(13)14)12-10(15)16-11(3,4)5/h7-8H,6H2,1-5H3,(H,12,15)(H,13,14)/t8-/m0/s1/i6D2. The van der Waals surface area contributed by atoms with Gasteiger partial charge in [-0.3, -0.25) is 0 Å². The van der Waals surface area contributed by atoms with E-state index in [4.69, 9.17) is 12.6 Å². The van der Waals surface area contributed by atoms with E-state index in [2.05, 4.69) is 5.32 Å². The molecule has 94 valence electrons. The van der Waals surface area contributed by atoms with E-state index in [1.54, 1.807) is 34.6 Å². The summed E-state index contributed by atoms with van der Waals surface area (Å²) in [6, 6.07) is -1.65. The van der Waals surface area contributed by atoms with Crippen LogP contribution in [0.4, 0.5) is 4.79 Å². The Morgan fingerprint density at radius 3 is 2.25 bits per heavy atom. The van der Waals surface area contributed by atoms with Gasteiger partial charge >= 0.3 is 12.1 Å². The zero-order valence-corrected chi connectivity index (χ0v) is 10.3. The van der Waals surface area contributed by atoms with Gasteiger partial charge in [-0.2, -0.15) is 0 Å². The van der Waals surface area contributed by atoms with Crippen LogP contribution >= 0.6 is 0 Å². The molecule has 0 aliphatic rings. The first-order valence-corrected chi connectivity index (χ1v) is 5.10. The maximum absolute atomic E-state index is 11.5. The highest BCUT2D eigenvalue weighted by Crippen LogP contribution is 2.09. The molecule has 1 atom stereocenters. The number of nitrogens with one attached hydrogen (secondary N) is 1. The lowest BCUT2D eigenvalue weighted by Gasteiger charge is -2.22. The van der Waals surface area contributed by atoms with Crippen LogP contribution in [-0.2, 0) is 9.53 Å². The second-order valence-electron chi connectivity index (χ2n) is 4.74. The van der Waals surface area contributed by atoms with Crippen molar-refractivity contribution in [3.05, 3.63) is 0 Å². The molecule has 16 heavy (non-hydrogen) atoms. The molecule has 0 unspecified atom stereocenters. The Bertz CT molecular complexity index is 323. The number of ether oxygens (including phenoxy) is 1. The molecule has 0 aliphatic heterocycles. The molecular formula is C11H21NO4. The summed E-state index contributed by atoms with van der Waals surface area (Å²) in [6.07, 6.45) is -3.01. The van der Waals surface area contributed by atoms with Crippen LogP contribution in [0.3, 0.4) is 0 Å². The van der Waals surface area contributed by atoms with Crippen molar-refractivity contribution in [3.8, 4) is 0 Å². The van der Waals surface area contributed by atoms with E-state index < -0.39 is 36.0 Å². The molecule has 0 radical (unpaired) electrons. The highest BCUT2D eigenvalue weighted by Gasteiger charge is 2.24. The summed E-state index contributed by atoms with van der Waals surface area (Å²) in [5, 5.41) is 11.1. The largest absolute Gasteiger partial charge is 0.480 e. The second-order valence-corrected chi connectivity index (χ2v) is 4.74. The Labute approximate surface area is 99.0 Å². The molecule has 5 nitrogen and oxygen atoms in total. The summed E-state index contributed by atoms with van der Waals surface area (Å²) in [4.78, 5) is 22.5. The lowest BCUT2D eigenvalue weighted by atomic mass is 10.0. The number of alkyl carbamates (subject to hydrolysis) is 1. The monoisotopic (exact) mass is 233 g/mol. The minimum Gasteiger partial charge on any atom is -0.480 e. The van der Waals surface area contributed by atoms with Gasteiger partial charge in [0.15, 0.2) is 0 Å². The van der Waals surface area contributed by atoms with Gasteiger partial charge in [0, 0.05) is 2.74 Å². The average molecular weight is 233 g/mol. The lowest BCUT2D eigenvalue weighted by Crippen LogP contribution is -2.44. The fraction of sp³-hybridized carbons (Fsp3) is 0.818. The number of hydrogen-bond donors (Lipinski definition) is 2. The molecule has 0 spiro atoms. The Balaban J connectivity index is 4.87. The van der Waals surface area contributed by atoms with Gasteiger partial charge in [0.25, 0.3) is 0 Å². The highest BCUT2D eigenvalue weighted by atomic mass is 16.6. The minimum atomic E-state index is -2.07. The molecular weight excluding hydrogens is 210 g/mol. The molecule has 0 heterocycles. The maximum Gasteiger partial charge on any atom is 0.408 e. The van der Waals surface area contributed by atoms with E-state index >= 15 is 0 Å². The predicted octanol–water partition coefficient (Wildman–Crippen LogP) is 2.01. The van der Waals surface area contributed by atoms with Crippen molar-refractivity contribution in [2.24, 2.45) is 5.92 Å². The zero-order valence-electron chi connectivity index (χ0n) is 12.3. The molecule has 0 aromatic rings. The van der Waals surface area contributed by atoms with E-state index in [1.807, 2.05) is 0 Å². The molecule has 0 aromatic carbocycles. The number of amides is 1. The molecule has 0 saturated heterocycles. The normalized spacial score (nSPS) is 16.1. The Morgan fingerprint density at radius 2 is 1.94 bits per heavy atom. The third kappa shape index (κ3) is 7.09. The van der Waals surface area contributed by atoms with Gasteiger partial charge in [0.2, 0.25) is 0 Å². The smallest absolute Gasteiger partial charge is 0.408 e. The van der Waals surface area contributed by atoms with Crippen molar-refractivity contribution in [1.82, 2.24) is 5.32 Å². The molecule has 0 fully saturated rings. The Morgan fingerprint density at radius 1 is 1.44 bits per heavy atom. The molecule has 0 aliphatic carbocycles. The quantitative estimate of drug-likeness (QED) is 0.778. The van der Waals surface area contributed by atoms with E-state index in [0.717, 1.165) is 0 Å². The molecule has 1 amide bonds. The summed E-state index contributed by atoms with van der Waals surface area (Å²) >= 11 is 0. The number of carboxylic acid groups (broad SMARTS) is 1. The number of aliphatic carboxylic acids is 1. The molecule has 0 aromatic heterocycles. The average Bonchev–Trinajstić information content (AvgIpc) is 2.10. The van der Waals surface area contributed by atoms with Gasteiger partial charge in [-0.1, -0.05) is 13.8 Å². The highest BCUT2D eigenvalue weighted by molar-refractivity contribution is 5.79. The van der Waals surface area contributed by atoms with Crippen molar-refractivity contribution in [2.45, 2.75) is 52.6 Å². The lowest BCUT2D eigenvalue weighted by molar-refractivity contribution is -0.139. The number of carbonyl (C=O) groups is 2. The number of rotatable bonds is 4. The summed E-state index contributed by atoms with van der Waals surface area (Å²) in [5.74, 6) is -1.99. The third-order valence-corrected chi connectivity index (χ3v) is 1.41. The van der Waals surface area contributed by atoms with E-state index in [0.29, 0.717) is 0 Å². The third-order valence-electron chi connectivity index (χ3n) is 1.41. The van der Waals surface area contributed by atoms with Crippen LogP contribution in [0.2, 0.25) is 0 Å². The zero-order chi connectivity index (χ0) is 14.7. The van der Waals surface area contributed by atoms with E-state index in [-0.39, 0.29) is 0 Å². The van der Waals surface area contributed by atoms with Crippen LogP contribution < -0.4 is 5.32 Å². The van der Waals surface area contributed by atoms with Gasteiger partial charge in [0.1, 0.15) is 11.6 Å². The van der Waals surface area contributed by atoms with Gasteiger partial charge in [-0.05, 0) is 33.1 Å². The summed E-state index contributed by atoms with van der Waals surface area (Å²) in [6.45, 7) is 8.01. The van der Waals surface area contributed by atoms with Crippen molar-refractivity contribution in [3.63, 3.8) is 0 Å². The van der Waals surface area contributed by atoms with Crippen molar-refractivity contribution in [2.75, 3.05) is 0 Å². The first-order chi connectivity index (χ1) is 7.88. The van der Waals surface area contributed by atoms with Crippen LogP contribution in [-0.4, -0.2) is 28.8 Å². The minimum absolute atomic E-state index is 0.562. The maximum atomic E-state index is 11.5. The summed E-state index contributed by atoms with van der Waals surface area (Å²) < 4.78 is 20.3. The summed E-state index contributed by atoms with van der Waals surface area (Å²) in [5.41, 5.74) is -0.766. The SMILES string of the molecule is [2H]C([2H])(C(C)C)[C@H](NC(=O)OC(C)(C)C)C(=O)O. The number of carbonyl (C=O) groups excluding carboxylic acids is 1. The molecule has 0 bridgehead atoms. The fourth-order valence-electron chi connectivity index (χ4n) is 0.933. The molecule has 2 N–H and O–H groups in total. The molecule has 0 rings (SSSR count). The topological polar surface area (TPSA) is 75.6 Å². The van der Waals surface area contributed by atoms with Gasteiger partial charge in [0.05, 0.1) is 0 Å². The second kappa shape index (κ2) is 5.72. The van der Waals surface area contributed by atoms with E-state index in [9.17, 15) is 9.59 Å². The van der Waals surface area contributed by atoms with Gasteiger partial charge in [-0.25, -0.2) is 9.59 Å². The van der Waals surface area contributed by atoms with E-state index in [1.165, 1.54) is 0 Å².